The Kier molecular flexibility index (Phi) is 8.44. The van der Waals surface area contributed by atoms with E-state index in [2.05, 4.69) is 57.0 Å². The Hall–Kier alpha value is -2.43. The van der Waals surface area contributed by atoms with Gasteiger partial charge >= 0.3 is 0 Å². The summed E-state index contributed by atoms with van der Waals surface area (Å²) in [5.74, 6) is 0.664. The van der Waals surface area contributed by atoms with Gasteiger partial charge in [0.25, 0.3) is 0 Å². The van der Waals surface area contributed by atoms with Crippen LogP contribution in [-0.4, -0.2) is 34.2 Å². The van der Waals surface area contributed by atoms with Crippen LogP contribution in [0.25, 0.3) is 10.1 Å². The maximum atomic E-state index is 10.5. The largest absolute Gasteiger partial charge is 0.386 e. The Morgan fingerprint density at radius 3 is 2.61 bits per heavy atom. The molecular formula is C23H26IN5OS. The Balaban J connectivity index is 0.00000272. The van der Waals surface area contributed by atoms with Crippen LogP contribution in [0.3, 0.4) is 0 Å². The minimum atomic E-state index is -0.580. The number of nitrogens with zero attached hydrogens (tertiary/aromatic N) is 3. The zero-order valence-electron chi connectivity index (χ0n) is 17.2. The molecule has 162 valence electrons. The molecule has 4 rings (SSSR count). The summed E-state index contributed by atoms with van der Waals surface area (Å²) in [7, 11) is 1.73. The number of fused-ring (bicyclic) bond motifs is 1. The summed E-state index contributed by atoms with van der Waals surface area (Å²) in [6, 6.07) is 18.7. The number of aliphatic hydroxyl groups is 1. The number of hydrogen-bond acceptors (Lipinski definition) is 4. The van der Waals surface area contributed by atoms with Gasteiger partial charge in [0, 0.05) is 48.7 Å². The Bertz CT molecular complexity index is 1080. The summed E-state index contributed by atoms with van der Waals surface area (Å²) >= 11 is 1.62. The summed E-state index contributed by atoms with van der Waals surface area (Å²) < 4.78 is 3.23. The van der Waals surface area contributed by atoms with Gasteiger partial charge in [-0.05, 0) is 28.6 Å². The van der Waals surface area contributed by atoms with E-state index in [-0.39, 0.29) is 24.0 Å². The van der Waals surface area contributed by atoms with Gasteiger partial charge in [-0.25, -0.2) is 4.98 Å². The number of benzene rings is 2. The van der Waals surface area contributed by atoms with Crippen LogP contribution in [-0.2, 0) is 13.1 Å². The van der Waals surface area contributed by atoms with Gasteiger partial charge in [0.05, 0.1) is 6.33 Å². The highest BCUT2D eigenvalue weighted by Crippen LogP contribution is 2.29. The van der Waals surface area contributed by atoms with Gasteiger partial charge in [0.1, 0.15) is 6.10 Å². The molecule has 2 aromatic heterocycles. The number of nitrogens with one attached hydrogen (secondary N) is 2. The molecule has 1 atom stereocenters. The first-order chi connectivity index (χ1) is 14.7. The fourth-order valence-corrected chi connectivity index (χ4v) is 4.27. The van der Waals surface area contributed by atoms with Gasteiger partial charge < -0.3 is 20.3 Å². The van der Waals surface area contributed by atoms with Crippen LogP contribution >= 0.6 is 35.3 Å². The van der Waals surface area contributed by atoms with E-state index >= 15 is 0 Å². The first-order valence-corrected chi connectivity index (χ1v) is 10.7. The molecule has 0 bridgehead atoms. The van der Waals surface area contributed by atoms with Crippen molar-refractivity contribution in [3.05, 3.63) is 89.3 Å². The van der Waals surface area contributed by atoms with Crippen LogP contribution in [0.2, 0.25) is 0 Å². The van der Waals surface area contributed by atoms with Gasteiger partial charge in [0.2, 0.25) is 0 Å². The summed E-state index contributed by atoms with van der Waals surface area (Å²) in [5, 5.41) is 18.2. The SMILES string of the molecule is CN=C(NCc1ccc(Cn2ccnc2)cc1)NCC(O)c1cc2ccccc2s1.I. The van der Waals surface area contributed by atoms with E-state index < -0.39 is 6.10 Å². The van der Waals surface area contributed by atoms with Gasteiger partial charge in [-0.1, -0.05) is 42.5 Å². The minimum absolute atomic E-state index is 0. The van der Waals surface area contributed by atoms with Crippen LogP contribution in [0, 0.1) is 0 Å². The number of aliphatic hydroxyl groups excluding tert-OH is 1. The van der Waals surface area contributed by atoms with Gasteiger partial charge in [-0.3, -0.25) is 4.99 Å². The number of rotatable bonds is 7. The lowest BCUT2D eigenvalue weighted by Gasteiger charge is -2.15. The maximum Gasteiger partial charge on any atom is 0.191 e. The first-order valence-electron chi connectivity index (χ1n) is 9.86. The Labute approximate surface area is 203 Å². The lowest BCUT2D eigenvalue weighted by Crippen LogP contribution is -2.38. The van der Waals surface area contributed by atoms with Crippen molar-refractivity contribution in [3.8, 4) is 0 Å². The monoisotopic (exact) mass is 547 g/mol. The lowest BCUT2D eigenvalue weighted by molar-refractivity contribution is 0.184. The van der Waals surface area contributed by atoms with E-state index in [1.807, 2.05) is 35.3 Å². The molecule has 0 aliphatic heterocycles. The van der Waals surface area contributed by atoms with Gasteiger partial charge in [0.15, 0.2) is 5.96 Å². The summed E-state index contributed by atoms with van der Waals surface area (Å²) in [6.07, 6.45) is 4.98. The van der Waals surface area contributed by atoms with Crippen LogP contribution in [0.15, 0.2) is 78.3 Å². The molecule has 0 aliphatic carbocycles. The van der Waals surface area contributed by atoms with Crippen molar-refractivity contribution in [2.24, 2.45) is 4.99 Å². The highest BCUT2D eigenvalue weighted by atomic mass is 127. The highest BCUT2D eigenvalue weighted by Gasteiger charge is 2.12. The highest BCUT2D eigenvalue weighted by molar-refractivity contribution is 14.0. The normalized spacial score (nSPS) is 12.4. The van der Waals surface area contributed by atoms with E-state index in [0.717, 1.165) is 22.4 Å². The summed E-state index contributed by atoms with van der Waals surface area (Å²) in [4.78, 5) is 9.28. The molecule has 0 amide bonds. The van der Waals surface area contributed by atoms with Crippen molar-refractivity contribution in [2.75, 3.05) is 13.6 Å². The quantitative estimate of drug-likeness (QED) is 0.185. The molecule has 31 heavy (non-hydrogen) atoms. The number of hydrogen-bond donors (Lipinski definition) is 3. The molecule has 1 unspecified atom stereocenters. The van der Waals surface area contributed by atoms with Crippen LogP contribution in [0.5, 0.6) is 0 Å². The topological polar surface area (TPSA) is 74.5 Å². The van der Waals surface area contributed by atoms with Crippen LogP contribution in [0.1, 0.15) is 22.1 Å². The van der Waals surface area contributed by atoms with Crippen LogP contribution in [0.4, 0.5) is 0 Å². The average molecular weight is 547 g/mol. The summed E-state index contributed by atoms with van der Waals surface area (Å²) in [5.41, 5.74) is 2.39. The van der Waals surface area contributed by atoms with Crippen molar-refractivity contribution in [3.63, 3.8) is 0 Å². The van der Waals surface area contributed by atoms with Crippen molar-refractivity contribution in [2.45, 2.75) is 19.2 Å². The zero-order chi connectivity index (χ0) is 20.8. The predicted molar refractivity (Wildman–Crippen MR) is 138 cm³/mol. The third-order valence-electron chi connectivity index (χ3n) is 4.87. The van der Waals surface area contributed by atoms with E-state index in [9.17, 15) is 5.11 Å². The first kappa shape index (κ1) is 23.2. The molecule has 0 aliphatic rings. The lowest BCUT2D eigenvalue weighted by atomic mass is 10.1. The average Bonchev–Trinajstić information content (AvgIpc) is 3.44. The second-order valence-electron chi connectivity index (χ2n) is 7.06. The molecule has 0 saturated heterocycles. The molecule has 4 aromatic rings. The van der Waals surface area contributed by atoms with Crippen molar-refractivity contribution in [1.82, 2.24) is 20.2 Å². The molecule has 0 saturated carbocycles. The third kappa shape index (κ3) is 6.28. The molecule has 3 N–H and O–H groups in total. The molecule has 2 heterocycles. The van der Waals surface area contributed by atoms with Gasteiger partial charge in [-0.15, -0.1) is 35.3 Å². The maximum absolute atomic E-state index is 10.5. The van der Waals surface area contributed by atoms with Gasteiger partial charge in [-0.2, -0.15) is 0 Å². The Morgan fingerprint density at radius 2 is 1.90 bits per heavy atom. The fraction of sp³-hybridized carbons (Fsp3) is 0.217. The molecule has 6 nitrogen and oxygen atoms in total. The van der Waals surface area contributed by atoms with Crippen molar-refractivity contribution in [1.29, 1.82) is 0 Å². The van der Waals surface area contributed by atoms with Crippen LogP contribution < -0.4 is 10.6 Å². The molecule has 8 heteroatoms. The molecule has 0 radical (unpaired) electrons. The molecule has 2 aromatic carbocycles. The van der Waals surface area contributed by atoms with E-state index in [1.165, 1.54) is 10.3 Å². The zero-order valence-corrected chi connectivity index (χ0v) is 20.4. The molecule has 0 spiro atoms. The number of thiophene rings is 1. The number of guanidine groups is 1. The third-order valence-corrected chi connectivity index (χ3v) is 6.08. The van der Waals surface area contributed by atoms with E-state index in [0.29, 0.717) is 19.0 Å². The standard InChI is InChI=1S/C23H25N5OS.HI/c1-24-23(27-14-20(29)22-12-19-4-2-3-5-21(19)30-22)26-13-17-6-8-18(9-7-17)15-28-11-10-25-16-28;/h2-12,16,20,29H,13-15H2,1H3,(H2,24,26,27);1H. The smallest absolute Gasteiger partial charge is 0.191 e. The van der Waals surface area contributed by atoms with E-state index in [4.69, 9.17) is 0 Å². The second-order valence-corrected chi connectivity index (χ2v) is 8.18. The van der Waals surface area contributed by atoms with Crippen molar-refractivity contribution >= 4 is 51.4 Å². The summed E-state index contributed by atoms with van der Waals surface area (Å²) in [6.45, 7) is 1.87. The number of imidazole rings is 1. The molecular weight excluding hydrogens is 521 g/mol. The number of halogens is 1. The van der Waals surface area contributed by atoms with E-state index in [1.54, 1.807) is 24.6 Å². The molecule has 0 fully saturated rings. The van der Waals surface area contributed by atoms with Crippen molar-refractivity contribution < 1.29 is 5.11 Å². The fourth-order valence-electron chi connectivity index (χ4n) is 3.22. The number of aliphatic imine (C=N–C) groups is 1. The predicted octanol–water partition coefficient (Wildman–Crippen LogP) is 4.16. The number of aromatic nitrogens is 2. The Morgan fingerprint density at radius 1 is 1.13 bits per heavy atom. The minimum Gasteiger partial charge on any atom is -0.386 e. The second kappa shape index (κ2) is 11.3.